The van der Waals surface area contributed by atoms with Crippen molar-refractivity contribution in [2.24, 2.45) is 5.14 Å². The van der Waals surface area contributed by atoms with Gasteiger partial charge in [-0.25, -0.2) is 9.50 Å². The second-order valence-corrected chi connectivity index (χ2v) is 6.99. The Morgan fingerprint density at radius 1 is 1.08 bits per heavy atom. The van der Waals surface area contributed by atoms with Crippen LogP contribution < -0.4 is 9.88 Å². The molecule has 0 aliphatic heterocycles. The summed E-state index contributed by atoms with van der Waals surface area (Å²) in [6.07, 6.45) is 1.93. The molecule has 0 saturated carbocycles. The van der Waals surface area contributed by atoms with Crippen LogP contribution in [0.3, 0.4) is 0 Å². The van der Waals surface area contributed by atoms with Crippen molar-refractivity contribution in [1.82, 2.24) is 14.6 Å². The number of hydrogen-bond acceptors (Lipinski definition) is 6. The quantitative estimate of drug-likeness (QED) is 0.559. The summed E-state index contributed by atoms with van der Waals surface area (Å²) >= 11 is 2.62. The molecule has 0 saturated heterocycles. The van der Waals surface area contributed by atoms with E-state index in [-0.39, 0.29) is 0 Å². The Kier molecular flexibility index (Phi) is 3.97. The van der Waals surface area contributed by atoms with Crippen LogP contribution in [0.4, 0.5) is 0 Å². The lowest BCUT2D eigenvalue weighted by Crippen LogP contribution is -1.85. The highest BCUT2D eigenvalue weighted by atomic mass is 32.2. The van der Waals surface area contributed by atoms with Gasteiger partial charge in [0.1, 0.15) is 5.75 Å². The highest BCUT2D eigenvalue weighted by Gasteiger charge is 2.10. The normalized spacial score (nSPS) is 11.1. The van der Waals surface area contributed by atoms with E-state index in [2.05, 4.69) is 34.3 Å². The van der Waals surface area contributed by atoms with Crippen LogP contribution in [0.2, 0.25) is 0 Å². The predicted molar refractivity (Wildman–Crippen MR) is 98.3 cm³/mol. The number of nitrogens with two attached hydrogens (primary N) is 1. The molecule has 0 unspecified atom stereocenters. The molecule has 7 heteroatoms. The highest BCUT2D eigenvalue weighted by Crippen LogP contribution is 2.29. The van der Waals surface area contributed by atoms with Crippen LogP contribution in [0, 0.1) is 0 Å². The van der Waals surface area contributed by atoms with Gasteiger partial charge in [0.2, 0.25) is 4.96 Å². The van der Waals surface area contributed by atoms with Gasteiger partial charge in [-0.1, -0.05) is 41.7 Å². The molecule has 0 fully saturated rings. The van der Waals surface area contributed by atoms with Gasteiger partial charge in [-0.05, 0) is 41.3 Å². The topological polar surface area (TPSA) is 65.4 Å². The van der Waals surface area contributed by atoms with Gasteiger partial charge in [-0.2, -0.15) is 0 Å². The Balaban J connectivity index is 1.73. The lowest BCUT2D eigenvalue weighted by molar-refractivity contribution is 0.415. The highest BCUT2D eigenvalue weighted by molar-refractivity contribution is 7.98. The molecule has 0 amide bonds. The Morgan fingerprint density at radius 2 is 1.83 bits per heavy atom. The van der Waals surface area contributed by atoms with Gasteiger partial charge in [-0.3, -0.25) is 5.14 Å². The SMILES string of the molecule is COc1cccc(-c2cccc(-c3cn4nc(SN)sc4n3)c2)c1. The zero-order valence-corrected chi connectivity index (χ0v) is 14.5. The number of imidazole rings is 1. The maximum absolute atomic E-state index is 5.54. The van der Waals surface area contributed by atoms with E-state index in [4.69, 9.17) is 9.88 Å². The summed E-state index contributed by atoms with van der Waals surface area (Å²) in [4.78, 5) is 5.48. The third-order valence-electron chi connectivity index (χ3n) is 3.69. The molecule has 0 aliphatic carbocycles. The molecule has 4 rings (SSSR count). The third kappa shape index (κ3) is 2.77. The van der Waals surface area contributed by atoms with Crippen molar-refractivity contribution in [3.63, 3.8) is 0 Å². The largest absolute Gasteiger partial charge is 0.497 e. The molecule has 120 valence electrons. The number of rotatable bonds is 4. The van der Waals surface area contributed by atoms with E-state index >= 15 is 0 Å². The van der Waals surface area contributed by atoms with Gasteiger partial charge in [0, 0.05) is 5.56 Å². The predicted octanol–water partition coefficient (Wildman–Crippen LogP) is 4.10. The maximum atomic E-state index is 5.54. The molecular formula is C17H14N4OS2. The monoisotopic (exact) mass is 354 g/mol. The van der Waals surface area contributed by atoms with E-state index in [1.807, 2.05) is 30.5 Å². The van der Waals surface area contributed by atoms with Crippen LogP contribution in [-0.4, -0.2) is 21.7 Å². The zero-order valence-electron chi connectivity index (χ0n) is 12.8. The van der Waals surface area contributed by atoms with Crippen molar-refractivity contribution < 1.29 is 4.74 Å². The molecule has 4 aromatic rings. The number of hydrogen-bond donors (Lipinski definition) is 1. The molecular weight excluding hydrogens is 340 g/mol. The Bertz CT molecular complexity index is 977. The molecule has 0 bridgehead atoms. The number of methoxy groups -OCH3 is 1. The lowest BCUT2D eigenvalue weighted by Gasteiger charge is -2.06. The minimum absolute atomic E-state index is 0.800. The van der Waals surface area contributed by atoms with Gasteiger partial charge in [0.15, 0.2) is 4.34 Å². The second-order valence-electron chi connectivity index (χ2n) is 5.15. The summed E-state index contributed by atoms with van der Waals surface area (Å²) in [7, 11) is 1.67. The maximum Gasteiger partial charge on any atom is 0.213 e. The first-order chi connectivity index (χ1) is 11.8. The number of aromatic nitrogens is 3. The van der Waals surface area contributed by atoms with Gasteiger partial charge < -0.3 is 4.74 Å². The summed E-state index contributed by atoms with van der Waals surface area (Å²) in [6.45, 7) is 0. The summed E-state index contributed by atoms with van der Waals surface area (Å²) < 4.78 is 7.88. The average molecular weight is 354 g/mol. The minimum Gasteiger partial charge on any atom is -0.497 e. The molecule has 2 aromatic heterocycles. The van der Waals surface area contributed by atoms with Crippen LogP contribution in [0.1, 0.15) is 0 Å². The standard InChI is InChI=1S/C17H14N4OS2/c1-22-14-7-3-5-12(9-14)11-4-2-6-13(8-11)15-10-21-16(19-15)23-17(20-21)24-18/h2-10H,18H2,1H3. The molecule has 2 N–H and O–H groups in total. The smallest absolute Gasteiger partial charge is 0.213 e. The molecule has 2 aromatic carbocycles. The number of benzene rings is 2. The summed E-state index contributed by atoms with van der Waals surface area (Å²) in [5.74, 6) is 0.844. The first kappa shape index (κ1) is 15.2. The van der Waals surface area contributed by atoms with Crippen molar-refractivity contribution in [2.45, 2.75) is 4.34 Å². The lowest BCUT2D eigenvalue weighted by atomic mass is 10.0. The van der Waals surface area contributed by atoms with Crippen molar-refractivity contribution in [2.75, 3.05) is 7.11 Å². The van der Waals surface area contributed by atoms with Crippen molar-refractivity contribution in [3.8, 4) is 28.1 Å². The molecule has 0 atom stereocenters. The van der Waals surface area contributed by atoms with Gasteiger partial charge in [0.05, 0.1) is 19.0 Å². The van der Waals surface area contributed by atoms with Crippen molar-refractivity contribution >= 4 is 28.2 Å². The van der Waals surface area contributed by atoms with Crippen LogP contribution >= 0.6 is 23.3 Å². The zero-order chi connectivity index (χ0) is 16.5. The van der Waals surface area contributed by atoms with Gasteiger partial charge in [-0.15, -0.1) is 5.10 Å². The molecule has 0 spiro atoms. The first-order valence-corrected chi connectivity index (χ1v) is 8.94. The Labute approximate surface area is 147 Å². The van der Waals surface area contributed by atoms with E-state index in [1.54, 1.807) is 11.6 Å². The first-order valence-electron chi connectivity index (χ1n) is 7.24. The van der Waals surface area contributed by atoms with E-state index in [9.17, 15) is 0 Å². The van der Waals surface area contributed by atoms with Crippen LogP contribution in [0.15, 0.2) is 59.1 Å². The number of nitrogens with zero attached hydrogens (tertiary/aromatic N) is 3. The van der Waals surface area contributed by atoms with Gasteiger partial charge in [0.25, 0.3) is 0 Å². The van der Waals surface area contributed by atoms with E-state index < -0.39 is 0 Å². The molecule has 2 heterocycles. The fraction of sp³-hybridized carbons (Fsp3) is 0.0588. The van der Waals surface area contributed by atoms with Crippen LogP contribution in [0.25, 0.3) is 27.3 Å². The summed E-state index contributed by atoms with van der Waals surface area (Å²) in [5.41, 5.74) is 4.17. The van der Waals surface area contributed by atoms with Crippen LogP contribution in [-0.2, 0) is 0 Å². The van der Waals surface area contributed by atoms with Crippen molar-refractivity contribution in [3.05, 3.63) is 54.7 Å². The Morgan fingerprint density at radius 3 is 2.58 bits per heavy atom. The van der Waals surface area contributed by atoms with Crippen LogP contribution in [0.5, 0.6) is 5.75 Å². The molecule has 0 aliphatic rings. The van der Waals surface area contributed by atoms with E-state index in [1.165, 1.54) is 11.3 Å². The minimum atomic E-state index is 0.800. The fourth-order valence-electron chi connectivity index (χ4n) is 2.53. The Hall–Kier alpha value is -2.35. The average Bonchev–Trinajstić information content (AvgIpc) is 3.20. The second kappa shape index (κ2) is 6.27. The van der Waals surface area contributed by atoms with Gasteiger partial charge >= 0.3 is 0 Å². The number of ether oxygens (including phenoxy) is 1. The third-order valence-corrected chi connectivity index (χ3v) is 5.23. The molecule has 5 nitrogen and oxygen atoms in total. The van der Waals surface area contributed by atoms with E-state index in [0.717, 1.165) is 49.4 Å². The summed E-state index contributed by atoms with van der Waals surface area (Å²) in [5, 5.41) is 9.92. The fourth-order valence-corrected chi connectivity index (χ4v) is 3.70. The molecule has 24 heavy (non-hydrogen) atoms. The number of fused-ring (bicyclic) bond motifs is 1. The summed E-state index contributed by atoms with van der Waals surface area (Å²) in [6, 6.07) is 16.3. The van der Waals surface area contributed by atoms with E-state index in [0.29, 0.717) is 0 Å². The van der Waals surface area contributed by atoms with Crippen molar-refractivity contribution in [1.29, 1.82) is 0 Å². The molecule has 0 radical (unpaired) electrons.